The summed E-state index contributed by atoms with van der Waals surface area (Å²) >= 11 is 3.27. The Morgan fingerprint density at radius 2 is 2.24 bits per heavy atom. The van der Waals surface area contributed by atoms with Crippen LogP contribution in [0, 0.1) is 0 Å². The van der Waals surface area contributed by atoms with Gasteiger partial charge in [-0.2, -0.15) is 0 Å². The Balaban J connectivity index is 2.18. The topological polar surface area (TPSA) is 90.0 Å². The molecule has 0 fully saturated rings. The molecule has 0 spiro atoms. The fourth-order valence-electron chi connectivity index (χ4n) is 1.96. The van der Waals surface area contributed by atoms with Gasteiger partial charge in [0.25, 0.3) is 0 Å². The van der Waals surface area contributed by atoms with Crippen molar-refractivity contribution in [2.45, 2.75) is 31.0 Å². The van der Waals surface area contributed by atoms with E-state index in [9.17, 15) is 8.42 Å². The second-order valence-corrected chi connectivity index (χ2v) is 7.29. The Kier molecular flexibility index (Phi) is 5.15. The molecule has 0 saturated carbocycles. The molecule has 0 radical (unpaired) electrons. The monoisotopic (exact) mass is 372 g/mol. The largest absolute Gasteiger partial charge is 0.336 e. The van der Waals surface area contributed by atoms with Crippen LogP contribution in [0.5, 0.6) is 0 Å². The molecule has 0 saturated heterocycles. The maximum absolute atomic E-state index is 12.5. The minimum Gasteiger partial charge on any atom is -0.336 e. The van der Waals surface area contributed by atoms with Gasteiger partial charge in [-0.25, -0.2) is 18.1 Å². The SMILES string of the molecule is CC(Cn1ccnc1)NS(=O)(=O)c1cc(CN)ccc1Br. The van der Waals surface area contributed by atoms with Crippen LogP contribution in [0.25, 0.3) is 0 Å². The van der Waals surface area contributed by atoms with Crippen LogP contribution in [-0.2, 0) is 23.1 Å². The third kappa shape index (κ3) is 4.13. The molecular formula is C13H17BrN4O2S. The summed E-state index contributed by atoms with van der Waals surface area (Å²) in [5.41, 5.74) is 6.33. The van der Waals surface area contributed by atoms with Gasteiger partial charge in [0.15, 0.2) is 0 Å². The van der Waals surface area contributed by atoms with E-state index in [0.717, 1.165) is 5.56 Å². The number of aromatic nitrogens is 2. The molecule has 1 atom stereocenters. The first-order valence-corrected chi connectivity index (χ1v) is 8.66. The lowest BCUT2D eigenvalue weighted by Crippen LogP contribution is -2.35. The van der Waals surface area contributed by atoms with Crippen molar-refractivity contribution in [3.8, 4) is 0 Å². The van der Waals surface area contributed by atoms with Gasteiger partial charge in [-0.3, -0.25) is 0 Å². The summed E-state index contributed by atoms with van der Waals surface area (Å²) in [7, 11) is -3.61. The van der Waals surface area contributed by atoms with Crippen LogP contribution in [0.3, 0.4) is 0 Å². The molecular weight excluding hydrogens is 356 g/mol. The molecule has 2 rings (SSSR count). The minimum absolute atomic E-state index is 0.197. The highest BCUT2D eigenvalue weighted by molar-refractivity contribution is 9.10. The number of imidazole rings is 1. The Morgan fingerprint density at radius 1 is 1.48 bits per heavy atom. The molecule has 1 heterocycles. The van der Waals surface area contributed by atoms with E-state index in [1.165, 1.54) is 0 Å². The normalized spacial score (nSPS) is 13.3. The highest BCUT2D eigenvalue weighted by atomic mass is 79.9. The Labute approximate surface area is 132 Å². The Hall–Kier alpha value is -1.22. The quantitative estimate of drug-likeness (QED) is 0.803. The molecule has 0 bridgehead atoms. The zero-order chi connectivity index (χ0) is 15.5. The van der Waals surface area contributed by atoms with Crippen molar-refractivity contribution in [2.75, 3.05) is 0 Å². The highest BCUT2D eigenvalue weighted by Crippen LogP contribution is 2.23. The minimum atomic E-state index is -3.61. The van der Waals surface area contributed by atoms with Crippen molar-refractivity contribution >= 4 is 26.0 Å². The maximum atomic E-state index is 12.5. The summed E-state index contributed by atoms with van der Waals surface area (Å²) in [6.45, 7) is 2.60. The first kappa shape index (κ1) is 16.2. The number of hydrogen-bond donors (Lipinski definition) is 2. The summed E-state index contributed by atoms with van der Waals surface area (Å²) in [4.78, 5) is 4.13. The number of hydrogen-bond acceptors (Lipinski definition) is 4. The fourth-order valence-corrected chi connectivity index (χ4v) is 4.21. The van der Waals surface area contributed by atoms with Crippen molar-refractivity contribution in [3.63, 3.8) is 0 Å². The smallest absolute Gasteiger partial charge is 0.242 e. The number of halogens is 1. The molecule has 0 aliphatic heterocycles. The standard InChI is InChI=1S/C13H17BrN4O2S/c1-10(8-18-5-4-16-9-18)17-21(19,20)13-6-11(7-15)2-3-12(13)14/h2-6,9-10,17H,7-8,15H2,1H3. The average Bonchev–Trinajstić information content (AvgIpc) is 2.91. The first-order chi connectivity index (χ1) is 9.92. The van der Waals surface area contributed by atoms with Gasteiger partial charge in [0.1, 0.15) is 0 Å². The molecule has 6 nitrogen and oxygen atoms in total. The lowest BCUT2D eigenvalue weighted by Gasteiger charge is -2.16. The van der Waals surface area contributed by atoms with Crippen LogP contribution in [0.2, 0.25) is 0 Å². The highest BCUT2D eigenvalue weighted by Gasteiger charge is 2.20. The summed E-state index contributed by atoms with van der Waals surface area (Å²) in [6, 6.07) is 4.80. The van der Waals surface area contributed by atoms with Crippen LogP contribution in [0.15, 0.2) is 46.3 Å². The fraction of sp³-hybridized carbons (Fsp3) is 0.308. The van der Waals surface area contributed by atoms with Crippen LogP contribution in [-0.4, -0.2) is 24.0 Å². The van der Waals surface area contributed by atoms with Crippen LogP contribution in [0.4, 0.5) is 0 Å². The van der Waals surface area contributed by atoms with Crippen molar-refractivity contribution in [1.29, 1.82) is 0 Å². The second kappa shape index (κ2) is 6.69. The van der Waals surface area contributed by atoms with Crippen molar-refractivity contribution in [3.05, 3.63) is 47.0 Å². The van der Waals surface area contributed by atoms with Gasteiger partial charge in [-0.1, -0.05) is 6.07 Å². The van der Waals surface area contributed by atoms with E-state index < -0.39 is 10.0 Å². The van der Waals surface area contributed by atoms with E-state index in [1.54, 1.807) is 43.8 Å². The van der Waals surface area contributed by atoms with Crippen molar-refractivity contribution in [1.82, 2.24) is 14.3 Å². The number of benzene rings is 1. The van der Waals surface area contributed by atoms with Gasteiger partial charge in [-0.05, 0) is 40.5 Å². The van der Waals surface area contributed by atoms with Crippen LogP contribution < -0.4 is 10.5 Å². The van der Waals surface area contributed by atoms with E-state index in [0.29, 0.717) is 17.6 Å². The predicted molar refractivity (Wildman–Crippen MR) is 84.0 cm³/mol. The van der Waals surface area contributed by atoms with E-state index in [-0.39, 0.29) is 10.9 Å². The lowest BCUT2D eigenvalue weighted by atomic mass is 10.2. The van der Waals surface area contributed by atoms with Crippen LogP contribution in [0.1, 0.15) is 12.5 Å². The van der Waals surface area contributed by atoms with Gasteiger partial charge < -0.3 is 10.3 Å². The molecule has 8 heteroatoms. The summed E-state index contributed by atoms with van der Waals surface area (Å²) in [5.74, 6) is 0. The van der Waals surface area contributed by atoms with E-state index in [4.69, 9.17) is 5.73 Å². The number of nitrogens with two attached hydrogens (primary N) is 1. The van der Waals surface area contributed by atoms with Gasteiger partial charge in [0.2, 0.25) is 10.0 Å². The van der Waals surface area contributed by atoms with E-state index in [2.05, 4.69) is 25.6 Å². The number of sulfonamides is 1. The van der Waals surface area contributed by atoms with Gasteiger partial charge >= 0.3 is 0 Å². The number of nitrogens with one attached hydrogen (secondary N) is 1. The Bertz CT molecular complexity index is 701. The maximum Gasteiger partial charge on any atom is 0.242 e. The third-order valence-electron chi connectivity index (χ3n) is 2.92. The average molecular weight is 373 g/mol. The zero-order valence-corrected chi connectivity index (χ0v) is 13.9. The molecule has 0 aliphatic rings. The van der Waals surface area contributed by atoms with Crippen molar-refractivity contribution < 1.29 is 8.42 Å². The molecule has 114 valence electrons. The lowest BCUT2D eigenvalue weighted by molar-refractivity contribution is 0.520. The van der Waals surface area contributed by atoms with Crippen molar-refractivity contribution in [2.24, 2.45) is 5.73 Å². The van der Waals surface area contributed by atoms with Gasteiger partial charge in [0.05, 0.1) is 11.2 Å². The second-order valence-electron chi connectivity index (χ2n) is 4.75. The number of nitrogens with zero attached hydrogens (tertiary/aromatic N) is 2. The Morgan fingerprint density at radius 3 is 2.86 bits per heavy atom. The summed E-state index contributed by atoms with van der Waals surface area (Å²) in [6.07, 6.45) is 5.09. The van der Waals surface area contributed by atoms with Gasteiger partial charge in [-0.15, -0.1) is 0 Å². The van der Waals surface area contributed by atoms with Crippen LogP contribution >= 0.6 is 15.9 Å². The molecule has 21 heavy (non-hydrogen) atoms. The zero-order valence-electron chi connectivity index (χ0n) is 11.5. The van der Waals surface area contributed by atoms with Gasteiger partial charge in [0, 0.05) is 36.0 Å². The third-order valence-corrected chi connectivity index (χ3v) is 5.50. The molecule has 1 aromatic heterocycles. The molecule has 0 amide bonds. The molecule has 0 aliphatic carbocycles. The molecule has 1 aromatic carbocycles. The molecule has 3 N–H and O–H groups in total. The van der Waals surface area contributed by atoms with E-state index in [1.807, 2.05) is 4.57 Å². The molecule has 1 unspecified atom stereocenters. The first-order valence-electron chi connectivity index (χ1n) is 6.39. The summed E-state index contributed by atoms with van der Waals surface area (Å²) < 4.78 is 29.9. The van der Waals surface area contributed by atoms with E-state index >= 15 is 0 Å². The predicted octanol–water partition coefficient (Wildman–Crippen LogP) is 1.47. The molecule has 2 aromatic rings. The number of rotatable bonds is 6. The summed E-state index contributed by atoms with van der Waals surface area (Å²) in [5, 5.41) is 0.